The van der Waals surface area contributed by atoms with E-state index in [1.807, 2.05) is 26.0 Å². The minimum Gasteiger partial charge on any atom is -0.505 e. The second-order valence-corrected chi connectivity index (χ2v) is 8.14. The van der Waals surface area contributed by atoms with Gasteiger partial charge in [0.1, 0.15) is 22.9 Å². The number of hydrogen-bond donors (Lipinski definition) is 3. The number of nitrogens with one attached hydrogen (secondary N) is 2. The molecule has 1 fully saturated rings. The molecule has 0 spiro atoms. The number of furan rings is 1. The summed E-state index contributed by atoms with van der Waals surface area (Å²) < 4.78 is 5.66. The molecule has 1 aliphatic heterocycles. The number of para-hydroxylation sites is 1. The van der Waals surface area contributed by atoms with Crippen LogP contribution in [-0.4, -0.2) is 29.0 Å². The first-order chi connectivity index (χ1) is 15.4. The largest absolute Gasteiger partial charge is 0.505 e. The Labute approximate surface area is 185 Å². The van der Waals surface area contributed by atoms with Crippen LogP contribution in [0.1, 0.15) is 60.5 Å². The summed E-state index contributed by atoms with van der Waals surface area (Å²) in [7, 11) is 0. The lowest BCUT2D eigenvalue weighted by atomic mass is 10.1. The second kappa shape index (κ2) is 8.90. The van der Waals surface area contributed by atoms with Gasteiger partial charge in [-0.2, -0.15) is 0 Å². The lowest BCUT2D eigenvalue weighted by Crippen LogP contribution is -2.37. The topological polar surface area (TPSA) is 112 Å². The van der Waals surface area contributed by atoms with Crippen molar-refractivity contribution in [2.45, 2.75) is 45.6 Å². The summed E-state index contributed by atoms with van der Waals surface area (Å²) in [5.41, 5.74) is -0.732. The maximum absolute atomic E-state index is 12.8. The maximum Gasteiger partial charge on any atom is 0.257 e. The Hall–Kier alpha value is -3.55. The highest BCUT2D eigenvalue weighted by atomic mass is 16.3. The third kappa shape index (κ3) is 4.00. The zero-order valence-electron chi connectivity index (χ0n) is 18.2. The molecule has 0 aliphatic carbocycles. The molecule has 8 nitrogen and oxygen atoms in total. The van der Waals surface area contributed by atoms with Crippen molar-refractivity contribution in [3.63, 3.8) is 0 Å². The molecule has 168 valence electrons. The average Bonchev–Trinajstić information content (AvgIpc) is 3.25. The monoisotopic (exact) mass is 437 g/mol. The molecular weight excluding hydrogens is 410 g/mol. The number of nitrogens with zero attached hydrogens (tertiary/aromatic N) is 1. The van der Waals surface area contributed by atoms with Crippen molar-refractivity contribution in [3.05, 3.63) is 67.9 Å². The fourth-order valence-electron chi connectivity index (χ4n) is 4.06. The Morgan fingerprint density at radius 1 is 1.09 bits per heavy atom. The maximum atomic E-state index is 12.8. The predicted octanol–water partition coefficient (Wildman–Crippen LogP) is 3.82. The minimum absolute atomic E-state index is 0.0644. The van der Waals surface area contributed by atoms with E-state index in [4.69, 9.17) is 4.42 Å². The van der Waals surface area contributed by atoms with Gasteiger partial charge in [0.2, 0.25) is 0 Å². The fraction of sp³-hybridized carbons (Fsp3) is 0.375. The summed E-state index contributed by atoms with van der Waals surface area (Å²) in [4.78, 5) is 39.1. The van der Waals surface area contributed by atoms with Crippen molar-refractivity contribution >= 4 is 23.0 Å². The van der Waals surface area contributed by atoms with E-state index in [1.165, 1.54) is 0 Å². The smallest absolute Gasteiger partial charge is 0.257 e. The molecule has 3 aromatic rings. The number of aromatic hydroxyl groups is 1. The first kappa shape index (κ1) is 21.7. The second-order valence-electron chi connectivity index (χ2n) is 8.14. The Balaban J connectivity index is 1.58. The Kier molecular flexibility index (Phi) is 6.03. The van der Waals surface area contributed by atoms with E-state index in [0.717, 1.165) is 25.0 Å². The molecule has 0 saturated carbocycles. The predicted molar refractivity (Wildman–Crippen MR) is 123 cm³/mol. The molecule has 2 aromatic carbocycles. The van der Waals surface area contributed by atoms with Gasteiger partial charge in [0.15, 0.2) is 5.75 Å². The zero-order valence-corrected chi connectivity index (χ0v) is 18.2. The van der Waals surface area contributed by atoms with Gasteiger partial charge in [-0.3, -0.25) is 14.4 Å². The van der Waals surface area contributed by atoms with E-state index < -0.39 is 10.9 Å². The molecule has 3 N–H and O–H groups in total. The number of carbonyl (C=O) groups excluding carboxylic acids is 1. The van der Waals surface area contributed by atoms with Crippen LogP contribution in [0.15, 0.2) is 44.3 Å². The van der Waals surface area contributed by atoms with Crippen molar-refractivity contribution in [1.82, 2.24) is 4.90 Å². The Morgan fingerprint density at radius 2 is 1.81 bits per heavy atom. The van der Waals surface area contributed by atoms with Gasteiger partial charge in [0, 0.05) is 13.1 Å². The van der Waals surface area contributed by atoms with Crippen LogP contribution in [0.3, 0.4) is 0 Å². The van der Waals surface area contributed by atoms with Gasteiger partial charge in [-0.05, 0) is 56.9 Å². The van der Waals surface area contributed by atoms with Gasteiger partial charge >= 0.3 is 0 Å². The highest BCUT2D eigenvalue weighted by Crippen LogP contribution is 2.34. The number of benzene rings is 1. The van der Waals surface area contributed by atoms with Crippen molar-refractivity contribution in [1.29, 1.82) is 0 Å². The molecule has 0 radical (unpaired) electrons. The standard InChI is InChI=1S/C24H27N3O5/c1-3-16(18-11-10-14(2)32-18)25-19-20(23(30)22(19)29)26-17-9-7-8-15(21(17)28)24(31)27-12-5-4-6-13-27/h7-11,16,25-26,28H,3-6,12-13H2,1-2H3/t16-/m1/s1. The summed E-state index contributed by atoms with van der Waals surface area (Å²) in [6, 6.07) is 8.15. The average molecular weight is 437 g/mol. The van der Waals surface area contributed by atoms with Crippen molar-refractivity contribution in [2.24, 2.45) is 0 Å². The van der Waals surface area contributed by atoms with Crippen LogP contribution in [0, 0.1) is 6.92 Å². The zero-order chi connectivity index (χ0) is 22.8. The summed E-state index contributed by atoms with van der Waals surface area (Å²) in [6.45, 7) is 5.09. The molecule has 8 heteroatoms. The van der Waals surface area contributed by atoms with Gasteiger partial charge in [0.25, 0.3) is 16.8 Å². The minimum atomic E-state index is -0.676. The SMILES string of the molecule is CC[C@@H](Nc1c(Nc2cccc(C(=O)N3CCCCC3)c2O)c(=O)c1=O)c1ccc(C)o1. The van der Waals surface area contributed by atoms with Crippen LogP contribution in [0.5, 0.6) is 5.75 Å². The number of rotatable bonds is 7. The van der Waals surface area contributed by atoms with Crippen LogP contribution in [-0.2, 0) is 0 Å². The number of hydrogen-bond acceptors (Lipinski definition) is 7. The van der Waals surface area contributed by atoms with Crippen LogP contribution in [0.4, 0.5) is 17.1 Å². The molecule has 1 aliphatic rings. The number of amides is 1. The quantitative estimate of drug-likeness (QED) is 0.380. The first-order valence-corrected chi connectivity index (χ1v) is 10.9. The molecule has 32 heavy (non-hydrogen) atoms. The number of phenols is 1. The first-order valence-electron chi connectivity index (χ1n) is 10.9. The van der Waals surface area contributed by atoms with E-state index in [2.05, 4.69) is 10.6 Å². The highest BCUT2D eigenvalue weighted by molar-refractivity contribution is 5.99. The van der Waals surface area contributed by atoms with Gasteiger partial charge in [-0.1, -0.05) is 13.0 Å². The molecule has 0 unspecified atom stereocenters. The normalized spacial score (nSPS) is 15.0. The number of piperidine rings is 1. The van der Waals surface area contributed by atoms with Crippen LogP contribution < -0.4 is 21.5 Å². The van der Waals surface area contributed by atoms with Crippen LogP contribution >= 0.6 is 0 Å². The van der Waals surface area contributed by atoms with Gasteiger partial charge in [-0.25, -0.2) is 0 Å². The molecule has 1 aromatic heterocycles. The molecule has 2 heterocycles. The van der Waals surface area contributed by atoms with E-state index in [9.17, 15) is 19.5 Å². The number of anilines is 3. The van der Waals surface area contributed by atoms with E-state index in [-0.39, 0.29) is 40.3 Å². The summed E-state index contributed by atoms with van der Waals surface area (Å²) in [5, 5.41) is 16.7. The molecule has 4 rings (SSSR count). The fourth-order valence-corrected chi connectivity index (χ4v) is 4.06. The van der Waals surface area contributed by atoms with Gasteiger partial charge in [-0.15, -0.1) is 0 Å². The van der Waals surface area contributed by atoms with Crippen molar-refractivity contribution < 1.29 is 14.3 Å². The molecule has 1 saturated heterocycles. The van der Waals surface area contributed by atoms with Crippen LogP contribution in [0.25, 0.3) is 0 Å². The molecule has 0 bridgehead atoms. The van der Waals surface area contributed by atoms with Crippen molar-refractivity contribution in [2.75, 3.05) is 23.7 Å². The summed E-state index contributed by atoms with van der Waals surface area (Å²) in [5.74, 6) is 0.939. The van der Waals surface area contributed by atoms with E-state index >= 15 is 0 Å². The van der Waals surface area contributed by atoms with Gasteiger partial charge < -0.3 is 25.1 Å². The van der Waals surface area contributed by atoms with Crippen molar-refractivity contribution in [3.8, 4) is 5.75 Å². The number of phenolic OH excluding ortho intramolecular Hbond substituents is 1. The molecule has 1 atom stereocenters. The van der Waals surface area contributed by atoms with E-state index in [0.29, 0.717) is 25.3 Å². The highest BCUT2D eigenvalue weighted by Gasteiger charge is 2.27. The third-order valence-corrected chi connectivity index (χ3v) is 5.91. The van der Waals surface area contributed by atoms with Crippen LogP contribution in [0.2, 0.25) is 0 Å². The third-order valence-electron chi connectivity index (χ3n) is 5.91. The lowest BCUT2D eigenvalue weighted by Gasteiger charge is -2.27. The van der Waals surface area contributed by atoms with Gasteiger partial charge in [0.05, 0.1) is 17.3 Å². The molecule has 1 amide bonds. The molecular formula is C24H27N3O5. The lowest BCUT2D eigenvalue weighted by molar-refractivity contribution is 0.0721. The van der Waals surface area contributed by atoms with E-state index in [1.54, 1.807) is 23.1 Å². The summed E-state index contributed by atoms with van der Waals surface area (Å²) in [6.07, 6.45) is 3.61. The number of carbonyl (C=O) groups is 1. The number of likely N-dealkylation sites (tertiary alicyclic amines) is 1. The number of aryl methyl sites for hydroxylation is 1. The summed E-state index contributed by atoms with van der Waals surface area (Å²) >= 11 is 0. The Morgan fingerprint density at radius 3 is 2.47 bits per heavy atom. The Bertz CT molecular complexity index is 1200.